The van der Waals surface area contributed by atoms with E-state index < -0.39 is 23.7 Å². The van der Waals surface area contributed by atoms with E-state index in [9.17, 15) is 14.0 Å². The highest BCUT2D eigenvalue weighted by atomic mass is 79.9. The molecular weight excluding hydrogens is 354 g/mol. The number of rotatable bonds is 2. The number of aliphatic carboxylic acids is 1. The summed E-state index contributed by atoms with van der Waals surface area (Å²) in [6.45, 7) is 0.511. The van der Waals surface area contributed by atoms with Gasteiger partial charge >= 0.3 is 12.0 Å². The lowest BCUT2D eigenvalue weighted by Crippen LogP contribution is -2.34. The molecule has 0 aromatic heterocycles. The van der Waals surface area contributed by atoms with Crippen LogP contribution in [0.4, 0.5) is 14.9 Å². The van der Waals surface area contributed by atoms with E-state index in [1.165, 1.54) is 11.0 Å². The van der Waals surface area contributed by atoms with Gasteiger partial charge in [-0.2, -0.15) is 0 Å². The van der Waals surface area contributed by atoms with Crippen LogP contribution in [-0.4, -0.2) is 35.1 Å². The van der Waals surface area contributed by atoms with Crippen LogP contribution in [0.15, 0.2) is 16.6 Å². The van der Waals surface area contributed by atoms with E-state index in [4.69, 9.17) is 16.7 Å². The van der Waals surface area contributed by atoms with Crippen molar-refractivity contribution in [2.24, 2.45) is 5.92 Å². The SMILES string of the molecule is O=C(O)C1CCN(C(=O)Nc2c(Cl)cc(F)cc2Br)C1. The fourth-order valence-electron chi connectivity index (χ4n) is 1.99. The van der Waals surface area contributed by atoms with Crippen molar-refractivity contribution in [1.82, 2.24) is 4.90 Å². The maximum absolute atomic E-state index is 13.1. The third kappa shape index (κ3) is 3.21. The molecule has 2 amide bonds. The van der Waals surface area contributed by atoms with Gasteiger partial charge in [0.2, 0.25) is 0 Å². The van der Waals surface area contributed by atoms with Crippen LogP contribution in [0.3, 0.4) is 0 Å². The Morgan fingerprint density at radius 3 is 2.75 bits per heavy atom. The van der Waals surface area contributed by atoms with E-state index in [-0.39, 0.29) is 17.3 Å². The summed E-state index contributed by atoms with van der Waals surface area (Å²) < 4.78 is 13.4. The van der Waals surface area contributed by atoms with Gasteiger partial charge in [-0.1, -0.05) is 11.6 Å². The summed E-state index contributed by atoms with van der Waals surface area (Å²) in [4.78, 5) is 24.3. The van der Waals surface area contributed by atoms with Crippen LogP contribution in [-0.2, 0) is 4.79 Å². The Morgan fingerprint density at radius 1 is 1.50 bits per heavy atom. The first-order valence-electron chi connectivity index (χ1n) is 5.81. The lowest BCUT2D eigenvalue weighted by atomic mass is 10.1. The summed E-state index contributed by atoms with van der Waals surface area (Å²) in [5.74, 6) is -1.99. The Morgan fingerprint density at radius 2 is 2.20 bits per heavy atom. The van der Waals surface area contributed by atoms with Crippen LogP contribution in [0.2, 0.25) is 5.02 Å². The number of amides is 2. The first kappa shape index (κ1) is 15.1. The minimum atomic E-state index is -0.915. The van der Waals surface area contributed by atoms with Crippen LogP contribution in [0, 0.1) is 11.7 Å². The monoisotopic (exact) mass is 364 g/mol. The fourth-order valence-corrected chi connectivity index (χ4v) is 2.89. The van der Waals surface area contributed by atoms with Crippen molar-refractivity contribution >= 4 is 45.2 Å². The van der Waals surface area contributed by atoms with Gasteiger partial charge in [0.25, 0.3) is 0 Å². The second-order valence-corrected chi connectivity index (χ2v) is 5.71. The zero-order valence-electron chi connectivity index (χ0n) is 10.2. The number of benzene rings is 1. The highest BCUT2D eigenvalue weighted by Crippen LogP contribution is 2.32. The van der Waals surface area contributed by atoms with Gasteiger partial charge in [-0.25, -0.2) is 9.18 Å². The molecule has 0 aliphatic carbocycles. The van der Waals surface area contributed by atoms with E-state index >= 15 is 0 Å². The molecule has 2 N–H and O–H groups in total. The number of nitrogens with zero attached hydrogens (tertiary/aromatic N) is 1. The van der Waals surface area contributed by atoms with Crippen molar-refractivity contribution in [1.29, 1.82) is 0 Å². The van der Waals surface area contributed by atoms with Gasteiger partial charge in [0.05, 0.1) is 16.6 Å². The Balaban J connectivity index is 2.08. The number of urea groups is 1. The van der Waals surface area contributed by atoms with E-state index in [0.29, 0.717) is 17.4 Å². The van der Waals surface area contributed by atoms with Gasteiger partial charge < -0.3 is 15.3 Å². The molecule has 2 rings (SSSR count). The molecule has 1 aromatic carbocycles. The third-order valence-electron chi connectivity index (χ3n) is 3.06. The standard InChI is InChI=1S/C12H11BrClFN2O3/c13-8-3-7(15)4-9(14)10(8)16-12(20)17-2-1-6(5-17)11(18)19/h3-4,6H,1-2,5H2,(H,16,20)(H,18,19). The molecule has 20 heavy (non-hydrogen) atoms. The molecular formula is C12H11BrClFN2O3. The third-order valence-corrected chi connectivity index (χ3v) is 3.99. The molecule has 1 atom stereocenters. The van der Waals surface area contributed by atoms with Crippen molar-refractivity contribution in [3.05, 3.63) is 27.4 Å². The topological polar surface area (TPSA) is 69.6 Å². The van der Waals surface area contributed by atoms with Crippen LogP contribution >= 0.6 is 27.5 Å². The number of anilines is 1. The van der Waals surface area contributed by atoms with Gasteiger partial charge in [-0.3, -0.25) is 4.79 Å². The summed E-state index contributed by atoms with van der Waals surface area (Å²) in [6.07, 6.45) is 0.418. The smallest absolute Gasteiger partial charge is 0.321 e. The Hall–Kier alpha value is -1.34. The molecule has 0 bridgehead atoms. The molecule has 1 aliphatic heterocycles. The van der Waals surface area contributed by atoms with Gasteiger partial charge in [0.1, 0.15) is 5.82 Å². The predicted molar refractivity (Wildman–Crippen MR) is 75.4 cm³/mol. The molecule has 0 radical (unpaired) electrons. The minimum Gasteiger partial charge on any atom is -0.481 e. The quantitative estimate of drug-likeness (QED) is 0.846. The Bertz CT molecular complexity index is 547. The van der Waals surface area contributed by atoms with Gasteiger partial charge in [-0.15, -0.1) is 0 Å². The lowest BCUT2D eigenvalue weighted by Gasteiger charge is -2.18. The molecule has 5 nitrogen and oxygen atoms in total. The number of halogens is 3. The maximum Gasteiger partial charge on any atom is 0.321 e. The van der Waals surface area contributed by atoms with Crippen LogP contribution in [0.5, 0.6) is 0 Å². The number of carboxylic acid groups (broad SMARTS) is 1. The number of carbonyl (C=O) groups is 2. The molecule has 8 heteroatoms. The summed E-state index contributed by atoms with van der Waals surface area (Å²) in [5, 5.41) is 11.5. The van der Waals surface area contributed by atoms with Crippen molar-refractivity contribution in [2.45, 2.75) is 6.42 Å². The van der Waals surface area contributed by atoms with Gasteiger partial charge in [-0.05, 0) is 34.5 Å². The molecule has 1 fully saturated rings. The van der Waals surface area contributed by atoms with E-state index in [1.54, 1.807) is 0 Å². The normalized spacial score (nSPS) is 18.1. The number of nitrogens with one attached hydrogen (secondary N) is 1. The Labute approximate surface area is 127 Å². The first-order valence-corrected chi connectivity index (χ1v) is 6.99. The molecule has 0 saturated carbocycles. The van der Waals surface area contributed by atoms with Crippen LogP contribution in [0.1, 0.15) is 6.42 Å². The van der Waals surface area contributed by atoms with E-state index in [0.717, 1.165) is 6.07 Å². The van der Waals surface area contributed by atoms with E-state index in [2.05, 4.69) is 21.2 Å². The predicted octanol–water partition coefficient (Wildman–Crippen LogP) is 3.18. The number of likely N-dealkylation sites (tertiary alicyclic amines) is 1. The van der Waals surface area contributed by atoms with Crippen LogP contribution < -0.4 is 5.32 Å². The average molecular weight is 366 g/mol. The van der Waals surface area contributed by atoms with Gasteiger partial charge in [0, 0.05) is 17.6 Å². The van der Waals surface area contributed by atoms with Crippen molar-refractivity contribution in [3.63, 3.8) is 0 Å². The second kappa shape index (κ2) is 5.97. The zero-order chi connectivity index (χ0) is 14.9. The average Bonchev–Trinajstić information content (AvgIpc) is 2.83. The number of carboxylic acids is 1. The number of hydrogen-bond acceptors (Lipinski definition) is 2. The van der Waals surface area contributed by atoms with Crippen molar-refractivity contribution in [3.8, 4) is 0 Å². The second-order valence-electron chi connectivity index (χ2n) is 4.44. The number of carbonyl (C=O) groups excluding carboxylic acids is 1. The zero-order valence-corrected chi connectivity index (χ0v) is 12.5. The maximum atomic E-state index is 13.1. The summed E-state index contributed by atoms with van der Waals surface area (Å²) in [6, 6.07) is 1.82. The summed E-state index contributed by atoms with van der Waals surface area (Å²) in [5.41, 5.74) is 0.261. The highest BCUT2D eigenvalue weighted by Gasteiger charge is 2.31. The highest BCUT2D eigenvalue weighted by molar-refractivity contribution is 9.10. The molecule has 1 saturated heterocycles. The molecule has 0 spiro atoms. The first-order chi connectivity index (χ1) is 9.38. The largest absolute Gasteiger partial charge is 0.481 e. The lowest BCUT2D eigenvalue weighted by molar-refractivity contribution is -0.141. The van der Waals surface area contributed by atoms with Gasteiger partial charge in [0.15, 0.2) is 0 Å². The summed E-state index contributed by atoms with van der Waals surface area (Å²) >= 11 is 8.99. The fraction of sp³-hybridized carbons (Fsp3) is 0.333. The Kier molecular flexibility index (Phi) is 4.49. The molecule has 1 heterocycles. The minimum absolute atomic E-state index is 0.0687. The van der Waals surface area contributed by atoms with Crippen LogP contribution in [0.25, 0.3) is 0 Å². The van der Waals surface area contributed by atoms with E-state index in [1.807, 2.05) is 0 Å². The van der Waals surface area contributed by atoms with Crippen molar-refractivity contribution in [2.75, 3.05) is 18.4 Å². The summed E-state index contributed by atoms with van der Waals surface area (Å²) in [7, 11) is 0. The molecule has 108 valence electrons. The molecule has 1 aliphatic rings. The molecule has 1 unspecified atom stereocenters. The van der Waals surface area contributed by atoms with Crippen molar-refractivity contribution < 1.29 is 19.1 Å². The molecule has 1 aromatic rings. The number of hydrogen-bond donors (Lipinski definition) is 2.